The van der Waals surface area contributed by atoms with Crippen LogP contribution in [0, 0.1) is 23.0 Å². The van der Waals surface area contributed by atoms with E-state index in [9.17, 15) is 22.8 Å². The molecule has 1 atom stereocenters. The molecule has 0 unspecified atom stereocenters. The lowest BCUT2D eigenvalue weighted by atomic mass is 10.1. The number of rotatable bonds is 11. The van der Waals surface area contributed by atoms with Gasteiger partial charge < -0.3 is 9.64 Å². The van der Waals surface area contributed by atoms with E-state index < -0.39 is 29.6 Å². The number of amides is 2. The van der Waals surface area contributed by atoms with E-state index in [4.69, 9.17) is 10.3 Å². The third kappa shape index (κ3) is 7.84. The van der Waals surface area contributed by atoms with Crippen LogP contribution in [0.4, 0.5) is 23.8 Å². The molecule has 9 nitrogen and oxygen atoms in total. The lowest BCUT2D eigenvalue weighted by Gasteiger charge is -2.28. The Balaban J connectivity index is 1.60. The predicted molar refractivity (Wildman–Crippen MR) is 129 cm³/mol. The van der Waals surface area contributed by atoms with Gasteiger partial charge in [0, 0.05) is 25.1 Å². The summed E-state index contributed by atoms with van der Waals surface area (Å²) in [5, 5.41) is 7.30. The number of nitrogens with one attached hydrogen (secondary N) is 2. The second kappa shape index (κ2) is 13.1. The predicted octanol–water partition coefficient (Wildman–Crippen LogP) is 4.99. The van der Waals surface area contributed by atoms with Gasteiger partial charge in [-0.15, -0.1) is 0 Å². The van der Waals surface area contributed by atoms with Crippen LogP contribution in [0.3, 0.4) is 0 Å². The number of carbonyl (C=O) groups is 2. The number of hydrogen-bond acceptors (Lipinski definition) is 6. The van der Waals surface area contributed by atoms with Crippen LogP contribution in [0.1, 0.15) is 24.8 Å². The molecule has 0 bridgehead atoms. The summed E-state index contributed by atoms with van der Waals surface area (Å²) in [6, 6.07) is 8.94. The molecule has 12 heteroatoms. The monoisotopic (exact) mass is 515 g/mol. The maximum atomic E-state index is 13.9. The highest BCUT2D eigenvalue weighted by Gasteiger charge is 2.22. The van der Waals surface area contributed by atoms with E-state index in [1.54, 1.807) is 6.07 Å². The zero-order valence-corrected chi connectivity index (χ0v) is 20.1. The van der Waals surface area contributed by atoms with Crippen LogP contribution in [0.2, 0.25) is 0 Å². The van der Waals surface area contributed by atoms with Crippen molar-refractivity contribution >= 4 is 28.6 Å². The fraction of sp³-hybridized carbons (Fsp3) is 0.320. The van der Waals surface area contributed by atoms with Gasteiger partial charge in [-0.25, -0.2) is 22.9 Å². The lowest BCUT2D eigenvalue weighted by molar-refractivity contribution is -0.132. The summed E-state index contributed by atoms with van der Waals surface area (Å²) in [6.45, 7) is 0.0862. The van der Waals surface area contributed by atoms with E-state index in [1.165, 1.54) is 48.5 Å². The third-order valence-corrected chi connectivity index (χ3v) is 5.77. The highest BCUT2D eigenvalue weighted by atomic mass is 19.2. The number of halogens is 3. The Bertz CT molecular complexity index is 1320. The number of pyridine rings is 1. The Labute approximate surface area is 210 Å². The molecule has 37 heavy (non-hydrogen) atoms. The van der Waals surface area contributed by atoms with Gasteiger partial charge >= 0.3 is 6.09 Å². The van der Waals surface area contributed by atoms with Crippen LogP contribution in [0.5, 0.6) is 0 Å². The third-order valence-electron chi connectivity index (χ3n) is 5.77. The quantitative estimate of drug-likeness (QED) is 0.212. The summed E-state index contributed by atoms with van der Waals surface area (Å²) in [6.07, 6.45) is 1.44. The molecule has 0 saturated carbocycles. The van der Waals surface area contributed by atoms with Gasteiger partial charge in [0.25, 0.3) is 0 Å². The van der Waals surface area contributed by atoms with E-state index in [0.29, 0.717) is 23.6 Å². The minimum atomic E-state index is -0.986. The standard InChI is InChI=1S/C25H25F3N6O3/c1-34(23(35)10-8-16-4-2-6-21(27)24(16)28)20(5-3-11-31-33-29)15-37-25(36)32-22-13-18-12-19(26)9-7-17(18)14-30-22/h2,4,6-7,9,12-14,20,29H,3,5,8,10-11,15H2,1H3/p+1/t20-/m0/s1. The average molecular weight is 516 g/mol. The van der Waals surface area contributed by atoms with Crippen molar-refractivity contribution in [3.63, 3.8) is 0 Å². The zero-order chi connectivity index (χ0) is 26.8. The van der Waals surface area contributed by atoms with Gasteiger partial charge in [0.15, 0.2) is 11.6 Å². The number of ether oxygens (including phenoxy) is 1. The Morgan fingerprint density at radius 1 is 1.19 bits per heavy atom. The summed E-state index contributed by atoms with van der Waals surface area (Å²) in [7, 11) is 1.53. The van der Waals surface area contributed by atoms with E-state index in [0.717, 1.165) is 6.07 Å². The highest BCUT2D eigenvalue weighted by molar-refractivity contribution is 5.89. The molecule has 3 aromatic rings. The first-order chi connectivity index (χ1) is 17.8. The van der Waals surface area contributed by atoms with Crippen LogP contribution in [0.15, 0.2) is 53.8 Å². The number of fused-ring (bicyclic) bond motifs is 1. The molecule has 0 saturated heterocycles. The van der Waals surface area contributed by atoms with Gasteiger partial charge in [-0.2, -0.15) is 0 Å². The van der Waals surface area contributed by atoms with Crippen molar-refractivity contribution in [3.8, 4) is 0 Å². The van der Waals surface area contributed by atoms with Crippen molar-refractivity contribution in [3.05, 3.63) is 71.7 Å². The molecule has 0 aliphatic carbocycles. The fourth-order valence-corrected chi connectivity index (χ4v) is 3.69. The molecule has 2 aromatic carbocycles. The highest BCUT2D eigenvalue weighted by Crippen LogP contribution is 2.19. The van der Waals surface area contributed by atoms with Crippen LogP contribution >= 0.6 is 0 Å². The summed E-state index contributed by atoms with van der Waals surface area (Å²) < 4.78 is 46.2. The molecule has 0 spiro atoms. The number of nitrogens with zero attached hydrogens (tertiary/aromatic N) is 4. The molecule has 0 fully saturated rings. The van der Waals surface area contributed by atoms with Crippen molar-refractivity contribution in [1.82, 2.24) is 14.8 Å². The van der Waals surface area contributed by atoms with Crippen molar-refractivity contribution in [2.75, 3.05) is 25.5 Å². The molecule has 2 amide bonds. The number of carbonyl (C=O) groups excluding carboxylic acids is 2. The first-order valence-corrected chi connectivity index (χ1v) is 11.5. The summed E-state index contributed by atoms with van der Waals surface area (Å²) in [4.78, 5) is 33.6. The Morgan fingerprint density at radius 2 is 2.00 bits per heavy atom. The number of benzene rings is 2. The minimum absolute atomic E-state index is 0.00210. The van der Waals surface area contributed by atoms with Gasteiger partial charge in [-0.05, 0) is 60.5 Å². The van der Waals surface area contributed by atoms with Crippen molar-refractivity contribution in [2.45, 2.75) is 31.7 Å². The molecule has 0 aliphatic heterocycles. The Morgan fingerprint density at radius 3 is 2.78 bits per heavy atom. The summed E-state index contributed by atoms with van der Waals surface area (Å²) in [5.74, 6) is -2.58. The fourth-order valence-electron chi connectivity index (χ4n) is 3.69. The first kappa shape index (κ1) is 27.3. The van der Waals surface area contributed by atoms with Crippen LogP contribution in [-0.2, 0) is 16.0 Å². The molecule has 0 radical (unpaired) electrons. The topological polar surface area (TPSA) is 122 Å². The molecule has 1 heterocycles. The molecule has 1 aromatic heterocycles. The molecule has 0 aliphatic rings. The van der Waals surface area contributed by atoms with Gasteiger partial charge in [0.05, 0.1) is 6.04 Å². The first-order valence-electron chi connectivity index (χ1n) is 11.5. The summed E-state index contributed by atoms with van der Waals surface area (Å²) >= 11 is 0. The normalized spacial score (nSPS) is 11.5. The van der Waals surface area contributed by atoms with Crippen molar-refractivity contribution in [2.24, 2.45) is 5.11 Å². The van der Waals surface area contributed by atoms with E-state index in [1.807, 2.05) is 0 Å². The second-order valence-electron chi connectivity index (χ2n) is 8.26. The smallest absolute Gasteiger partial charge is 0.412 e. The zero-order valence-electron chi connectivity index (χ0n) is 20.1. The Hall–Kier alpha value is -4.31. The maximum Gasteiger partial charge on any atom is 0.412 e. The van der Waals surface area contributed by atoms with Gasteiger partial charge in [0.1, 0.15) is 35.4 Å². The number of aryl methyl sites for hydroxylation is 1. The molecule has 2 N–H and O–H groups in total. The number of likely N-dealkylation sites (N-methyl/N-ethyl adjacent to an activating group) is 1. The van der Waals surface area contributed by atoms with E-state index >= 15 is 0 Å². The van der Waals surface area contributed by atoms with Crippen LogP contribution in [0.25, 0.3) is 10.8 Å². The Kier molecular flexibility index (Phi) is 9.68. The van der Waals surface area contributed by atoms with Gasteiger partial charge in [-0.3, -0.25) is 10.1 Å². The minimum Gasteiger partial charge on any atom is -0.447 e. The molecular formula is C25H26F3N6O3+. The van der Waals surface area contributed by atoms with Gasteiger partial charge in [-0.1, -0.05) is 12.1 Å². The average Bonchev–Trinajstić information content (AvgIpc) is 2.88. The SMILES string of the molecule is CN(C(=O)CCc1cccc(F)c1F)[C@@H](CCCN=[N+]=N)COC(=O)Nc1cc2cc(F)ccc2cn1. The molecular weight excluding hydrogens is 489 g/mol. The lowest BCUT2D eigenvalue weighted by Crippen LogP contribution is -2.41. The van der Waals surface area contributed by atoms with Crippen molar-refractivity contribution < 1.29 is 27.5 Å². The number of anilines is 1. The van der Waals surface area contributed by atoms with E-state index in [-0.39, 0.29) is 43.3 Å². The van der Waals surface area contributed by atoms with Crippen LogP contribution in [-0.4, -0.2) is 48.1 Å². The summed E-state index contributed by atoms with van der Waals surface area (Å²) in [5.41, 5.74) is 6.84. The van der Waals surface area contributed by atoms with Crippen molar-refractivity contribution in [1.29, 1.82) is 5.53 Å². The molecule has 3 rings (SSSR count). The number of aromatic nitrogens is 1. The molecule has 194 valence electrons. The largest absolute Gasteiger partial charge is 0.447 e. The van der Waals surface area contributed by atoms with Gasteiger partial charge in [0.2, 0.25) is 10.8 Å². The second-order valence-corrected chi connectivity index (χ2v) is 8.26. The maximum absolute atomic E-state index is 13.9. The number of hydrogen-bond donors (Lipinski definition) is 2. The van der Waals surface area contributed by atoms with E-state index in [2.05, 4.69) is 20.3 Å². The van der Waals surface area contributed by atoms with Crippen LogP contribution < -0.4 is 10.2 Å².